The molecule has 1 aromatic rings. The summed E-state index contributed by atoms with van der Waals surface area (Å²) >= 11 is 6.00. The highest BCUT2D eigenvalue weighted by molar-refractivity contribution is 6.33. The van der Waals surface area contributed by atoms with Crippen LogP contribution in [0.1, 0.15) is 30.1 Å². The Morgan fingerprint density at radius 3 is 2.64 bits per heavy atom. The van der Waals surface area contributed by atoms with Crippen molar-refractivity contribution in [3.05, 3.63) is 22.7 Å². The Kier molecular flexibility index (Phi) is 7.26. The number of nitrogens with two attached hydrogens (primary N) is 1. The number of rotatable bonds is 4. The Balaban J connectivity index is 0.00000242. The van der Waals surface area contributed by atoms with E-state index in [-0.39, 0.29) is 24.4 Å². The normalized spacial score (nSPS) is 20.9. The Hall–Kier alpha value is -1.17. The number of halogens is 2. The van der Waals surface area contributed by atoms with Crippen molar-refractivity contribution in [1.29, 1.82) is 0 Å². The minimum Gasteiger partial charge on any atom is -1.00 e. The molecule has 0 atom stereocenters. The van der Waals surface area contributed by atoms with Crippen molar-refractivity contribution >= 4 is 23.2 Å². The Morgan fingerprint density at radius 1 is 1.45 bits per heavy atom. The predicted molar refractivity (Wildman–Crippen MR) is 84.1 cm³/mol. The van der Waals surface area contributed by atoms with E-state index in [1.165, 1.54) is 7.11 Å². The smallest absolute Gasteiger partial charge is 0.255 e. The summed E-state index contributed by atoms with van der Waals surface area (Å²) in [6.45, 7) is 5.53. The first-order valence-corrected chi connectivity index (χ1v) is 7.70. The maximum atomic E-state index is 12.4. The quantitative estimate of drug-likeness (QED) is 0.538. The van der Waals surface area contributed by atoms with E-state index in [0.717, 1.165) is 32.5 Å². The van der Waals surface area contributed by atoms with E-state index >= 15 is 0 Å². The number of benzene rings is 1. The second-order valence-corrected chi connectivity index (χ2v) is 5.83. The van der Waals surface area contributed by atoms with Gasteiger partial charge in [0.05, 0.1) is 43.0 Å². The fraction of sp³-hybridized carbons (Fsp3) is 0.533. The van der Waals surface area contributed by atoms with E-state index in [1.807, 2.05) is 0 Å². The predicted octanol–water partition coefficient (Wildman–Crippen LogP) is -2.27. The number of amides is 1. The van der Waals surface area contributed by atoms with Gasteiger partial charge in [-0.2, -0.15) is 0 Å². The third-order valence-corrected chi connectivity index (χ3v) is 4.42. The summed E-state index contributed by atoms with van der Waals surface area (Å²) in [7, 11) is 1.52. The molecule has 2 rings (SSSR count). The van der Waals surface area contributed by atoms with Gasteiger partial charge in [-0.3, -0.25) is 4.79 Å². The Labute approximate surface area is 142 Å². The van der Waals surface area contributed by atoms with Crippen molar-refractivity contribution in [3.63, 3.8) is 0 Å². The van der Waals surface area contributed by atoms with Gasteiger partial charge in [-0.25, -0.2) is 0 Å². The van der Waals surface area contributed by atoms with E-state index in [4.69, 9.17) is 22.1 Å². The maximum Gasteiger partial charge on any atom is 0.255 e. The molecule has 0 aromatic heterocycles. The third-order valence-electron chi connectivity index (χ3n) is 4.09. The number of piperidine rings is 1. The molecule has 0 saturated carbocycles. The zero-order chi connectivity index (χ0) is 15.4. The van der Waals surface area contributed by atoms with Gasteiger partial charge < -0.3 is 33.1 Å². The van der Waals surface area contributed by atoms with Crippen LogP contribution in [0.5, 0.6) is 5.75 Å². The number of nitrogen functional groups attached to an aromatic ring is 1. The van der Waals surface area contributed by atoms with Crippen molar-refractivity contribution in [2.45, 2.75) is 25.8 Å². The van der Waals surface area contributed by atoms with Crippen LogP contribution in [-0.2, 0) is 0 Å². The zero-order valence-electron chi connectivity index (χ0n) is 12.9. The molecule has 0 aliphatic carbocycles. The molecule has 124 valence electrons. The zero-order valence-corrected chi connectivity index (χ0v) is 14.4. The van der Waals surface area contributed by atoms with E-state index in [1.54, 1.807) is 17.0 Å². The van der Waals surface area contributed by atoms with Crippen molar-refractivity contribution < 1.29 is 26.8 Å². The summed E-state index contributed by atoms with van der Waals surface area (Å²) in [5.74, 6) is 0.296. The third kappa shape index (κ3) is 4.41. The van der Waals surface area contributed by atoms with Crippen LogP contribution in [0.15, 0.2) is 12.1 Å². The van der Waals surface area contributed by atoms with E-state index in [0.29, 0.717) is 22.0 Å². The molecule has 1 heterocycles. The lowest BCUT2D eigenvalue weighted by Crippen LogP contribution is -3.13. The van der Waals surface area contributed by atoms with Gasteiger partial charge in [-0.05, 0) is 13.0 Å². The molecule has 0 bridgehead atoms. The second kappa shape index (κ2) is 8.46. The van der Waals surface area contributed by atoms with E-state index < -0.39 is 0 Å². The molecule has 1 saturated heterocycles. The van der Waals surface area contributed by atoms with Crippen molar-refractivity contribution in [2.75, 3.05) is 32.5 Å². The van der Waals surface area contributed by atoms with Gasteiger partial charge in [0.2, 0.25) is 0 Å². The Bertz CT molecular complexity index is 518. The molecule has 22 heavy (non-hydrogen) atoms. The first-order chi connectivity index (χ1) is 10.0. The standard InChI is InChI=1S/C15H22ClN3O2.ClH/c1-3-19-6-4-10(5-7-19)18-15(20)11-8-12(16)13(17)9-14(11)21-2;/h8-10H,3-7,17H2,1-2H3,(H,18,20);1H. The minimum absolute atomic E-state index is 0. The van der Waals surface area contributed by atoms with Crippen LogP contribution < -0.4 is 33.1 Å². The maximum absolute atomic E-state index is 12.4. The second-order valence-electron chi connectivity index (χ2n) is 5.43. The van der Waals surface area contributed by atoms with Crippen LogP contribution in [0.3, 0.4) is 0 Å². The molecule has 0 radical (unpaired) electrons. The topological polar surface area (TPSA) is 68.8 Å². The van der Waals surface area contributed by atoms with Crippen molar-refractivity contribution in [3.8, 4) is 5.75 Å². The van der Waals surface area contributed by atoms with Crippen LogP contribution in [-0.4, -0.2) is 38.7 Å². The highest BCUT2D eigenvalue weighted by Gasteiger charge is 2.24. The van der Waals surface area contributed by atoms with Crippen LogP contribution in [0.2, 0.25) is 5.02 Å². The monoisotopic (exact) mass is 347 g/mol. The molecule has 0 unspecified atom stereocenters. The molecule has 1 aliphatic rings. The van der Waals surface area contributed by atoms with Gasteiger partial charge in [0, 0.05) is 24.9 Å². The number of anilines is 1. The van der Waals surface area contributed by atoms with Gasteiger partial charge in [0.1, 0.15) is 5.75 Å². The molecular weight excluding hydrogens is 325 g/mol. The number of carbonyl (C=O) groups excluding carboxylic acids is 1. The van der Waals surface area contributed by atoms with Crippen LogP contribution in [0.25, 0.3) is 0 Å². The molecule has 1 fully saturated rings. The SMILES string of the molecule is CC[NH+]1CCC(NC(=O)c2cc(Cl)c(N)cc2OC)CC1.[Cl-]. The molecule has 1 amide bonds. The first-order valence-electron chi connectivity index (χ1n) is 7.32. The average Bonchev–Trinajstić information content (AvgIpc) is 2.50. The summed E-state index contributed by atoms with van der Waals surface area (Å²) in [6.07, 6.45) is 2.00. The van der Waals surface area contributed by atoms with Gasteiger partial charge in [0.25, 0.3) is 5.91 Å². The number of hydrogen-bond acceptors (Lipinski definition) is 3. The van der Waals surface area contributed by atoms with Gasteiger partial charge in [-0.15, -0.1) is 0 Å². The molecule has 7 heteroatoms. The summed E-state index contributed by atoms with van der Waals surface area (Å²) in [5, 5.41) is 3.44. The summed E-state index contributed by atoms with van der Waals surface area (Å²) in [4.78, 5) is 14.0. The fourth-order valence-electron chi connectivity index (χ4n) is 2.70. The summed E-state index contributed by atoms with van der Waals surface area (Å²) in [5.41, 5.74) is 6.57. The van der Waals surface area contributed by atoms with Crippen LogP contribution in [0.4, 0.5) is 5.69 Å². The number of carbonyl (C=O) groups is 1. The number of ether oxygens (including phenoxy) is 1. The lowest BCUT2D eigenvalue weighted by molar-refractivity contribution is -0.903. The highest BCUT2D eigenvalue weighted by atomic mass is 35.5. The number of likely N-dealkylation sites (tertiary alicyclic amines) is 1. The summed E-state index contributed by atoms with van der Waals surface area (Å²) < 4.78 is 5.22. The molecule has 4 N–H and O–H groups in total. The number of quaternary nitrogens is 1. The highest BCUT2D eigenvalue weighted by Crippen LogP contribution is 2.28. The molecule has 1 aromatic carbocycles. The number of hydrogen-bond donors (Lipinski definition) is 3. The van der Waals surface area contributed by atoms with Gasteiger partial charge in [0.15, 0.2) is 0 Å². The van der Waals surface area contributed by atoms with Gasteiger partial charge >= 0.3 is 0 Å². The lowest BCUT2D eigenvalue weighted by Gasteiger charge is -2.29. The van der Waals surface area contributed by atoms with E-state index in [2.05, 4.69) is 12.2 Å². The van der Waals surface area contributed by atoms with Crippen LogP contribution in [0, 0.1) is 0 Å². The fourth-order valence-corrected chi connectivity index (χ4v) is 2.87. The minimum atomic E-state index is -0.154. The molecule has 5 nitrogen and oxygen atoms in total. The van der Waals surface area contributed by atoms with Gasteiger partial charge in [-0.1, -0.05) is 11.6 Å². The summed E-state index contributed by atoms with van der Waals surface area (Å²) in [6, 6.07) is 3.37. The first kappa shape index (κ1) is 18.9. The molecule has 1 aliphatic heterocycles. The van der Waals surface area contributed by atoms with E-state index in [9.17, 15) is 4.79 Å². The van der Waals surface area contributed by atoms with Crippen molar-refractivity contribution in [2.24, 2.45) is 0 Å². The van der Waals surface area contributed by atoms with Crippen LogP contribution >= 0.6 is 11.6 Å². The lowest BCUT2D eigenvalue weighted by atomic mass is 10.0. The largest absolute Gasteiger partial charge is 1.00 e. The average molecular weight is 348 g/mol. The number of methoxy groups -OCH3 is 1. The molecule has 0 spiro atoms. The van der Waals surface area contributed by atoms with Crippen molar-refractivity contribution in [1.82, 2.24) is 5.32 Å². The number of nitrogens with one attached hydrogen (secondary N) is 2. The Morgan fingerprint density at radius 2 is 2.09 bits per heavy atom. The molecular formula is C15H23Cl2N3O2.